The largest absolute Gasteiger partial charge is 0.459 e. The first-order valence-electron chi connectivity index (χ1n) is 4.56. The number of halogens is 3. The first kappa shape index (κ1) is 13.4. The zero-order valence-electron chi connectivity index (χ0n) is 8.78. The van der Waals surface area contributed by atoms with Crippen LogP contribution in [-0.4, -0.2) is 35.5 Å². The normalized spacial score (nSPS) is 11.5. The molecule has 0 atom stereocenters. The number of aromatic nitrogens is 2. The van der Waals surface area contributed by atoms with Crippen molar-refractivity contribution in [3.63, 3.8) is 0 Å². The van der Waals surface area contributed by atoms with Gasteiger partial charge in [0.15, 0.2) is 5.82 Å². The number of hydrogen-bond donors (Lipinski definition) is 0. The molecule has 0 amide bonds. The zero-order valence-corrected chi connectivity index (χ0v) is 8.78. The highest BCUT2D eigenvalue weighted by molar-refractivity contribution is 5.83. The lowest BCUT2D eigenvalue weighted by atomic mass is 10.6. The summed E-state index contributed by atoms with van der Waals surface area (Å²) in [6.07, 6.45) is -4.42. The van der Waals surface area contributed by atoms with Gasteiger partial charge in [-0.1, -0.05) is 5.16 Å². The molecule has 0 radical (unpaired) electrons. The maximum absolute atomic E-state index is 11.7. The van der Waals surface area contributed by atoms with Gasteiger partial charge in [-0.05, 0) is 6.92 Å². The van der Waals surface area contributed by atoms with E-state index in [0.29, 0.717) is 0 Å². The van der Waals surface area contributed by atoms with Crippen molar-refractivity contribution in [2.75, 3.05) is 13.2 Å². The number of esters is 1. The maximum atomic E-state index is 11.7. The van der Waals surface area contributed by atoms with Crippen LogP contribution in [0.5, 0.6) is 0 Å². The van der Waals surface area contributed by atoms with Crippen LogP contribution in [-0.2, 0) is 16.1 Å². The monoisotopic (exact) mass is 254 g/mol. The van der Waals surface area contributed by atoms with E-state index < -0.39 is 31.3 Å². The predicted molar refractivity (Wildman–Crippen MR) is 46.0 cm³/mol. The van der Waals surface area contributed by atoms with Gasteiger partial charge in [0.25, 0.3) is 0 Å². The summed E-state index contributed by atoms with van der Waals surface area (Å²) in [5, 5.41) is 3.26. The first-order valence-corrected chi connectivity index (χ1v) is 4.56. The summed E-state index contributed by atoms with van der Waals surface area (Å²) in [6.45, 7) is -0.207. The third kappa shape index (κ3) is 4.81. The summed E-state index contributed by atoms with van der Waals surface area (Å²) in [5.74, 6) is -1.41. The number of carbonyl (C=O) groups is 1. The van der Waals surface area contributed by atoms with Gasteiger partial charge in [0.2, 0.25) is 0 Å². The molecule has 1 aromatic rings. The van der Waals surface area contributed by atoms with Gasteiger partial charge in [0.1, 0.15) is 13.2 Å². The molecule has 96 valence electrons. The van der Waals surface area contributed by atoms with Crippen molar-refractivity contribution < 1.29 is 32.0 Å². The maximum Gasteiger partial charge on any atom is 0.411 e. The van der Waals surface area contributed by atoms with E-state index in [1.165, 1.54) is 0 Å². The quantitative estimate of drug-likeness (QED) is 0.738. The fourth-order valence-electron chi connectivity index (χ4n) is 0.846. The van der Waals surface area contributed by atoms with Crippen molar-refractivity contribution in [3.8, 4) is 0 Å². The molecular weight excluding hydrogens is 245 g/mol. The second-order valence-corrected chi connectivity index (χ2v) is 2.84. The third-order valence-corrected chi connectivity index (χ3v) is 1.42. The minimum Gasteiger partial charge on any atom is -0.459 e. The molecule has 1 aromatic heterocycles. The smallest absolute Gasteiger partial charge is 0.411 e. The Balaban J connectivity index is 2.43. The number of nitrogens with zero attached hydrogens (tertiary/aromatic N) is 2. The minimum absolute atomic E-state index is 0.126. The molecule has 0 fully saturated rings. The van der Waals surface area contributed by atoms with Crippen molar-refractivity contribution in [1.82, 2.24) is 10.1 Å². The number of ether oxygens (including phenoxy) is 2. The molecular formula is C8H9F3N2O4. The van der Waals surface area contributed by atoms with Crippen molar-refractivity contribution >= 4 is 5.97 Å². The average Bonchev–Trinajstić information content (AvgIpc) is 2.65. The first-order chi connectivity index (χ1) is 7.92. The summed E-state index contributed by atoms with van der Waals surface area (Å²) in [7, 11) is 0. The van der Waals surface area contributed by atoms with Crippen LogP contribution in [0.15, 0.2) is 4.52 Å². The molecule has 17 heavy (non-hydrogen) atoms. The van der Waals surface area contributed by atoms with E-state index in [-0.39, 0.29) is 12.4 Å². The lowest BCUT2D eigenvalue weighted by Crippen LogP contribution is -2.17. The number of alkyl halides is 3. The minimum atomic E-state index is -4.42. The highest BCUT2D eigenvalue weighted by Crippen LogP contribution is 2.15. The van der Waals surface area contributed by atoms with Gasteiger partial charge in [-0.3, -0.25) is 0 Å². The summed E-state index contributed by atoms with van der Waals surface area (Å²) in [4.78, 5) is 14.6. The van der Waals surface area contributed by atoms with Gasteiger partial charge in [0.05, 0.1) is 6.61 Å². The molecule has 0 bridgehead atoms. The fraction of sp³-hybridized carbons (Fsp3) is 0.625. The van der Waals surface area contributed by atoms with Crippen molar-refractivity contribution in [2.45, 2.75) is 19.7 Å². The molecule has 9 heteroatoms. The third-order valence-electron chi connectivity index (χ3n) is 1.42. The standard InChI is InChI=1S/C8H9F3N2O4/c1-2-16-7(14)6-12-5(13-17-6)3-15-4-8(9,10)11/h2-4H2,1H3. The van der Waals surface area contributed by atoms with Crippen LogP contribution in [0.1, 0.15) is 23.4 Å². The van der Waals surface area contributed by atoms with Crippen LogP contribution in [0.2, 0.25) is 0 Å². The Hall–Kier alpha value is -1.64. The molecule has 1 rings (SSSR count). The van der Waals surface area contributed by atoms with E-state index >= 15 is 0 Å². The van der Waals surface area contributed by atoms with Crippen LogP contribution in [0.25, 0.3) is 0 Å². The number of carbonyl (C=O) groups excluding carboxylic acids is 1. The molecule has 0 N–H and O–H groups in total. The molecule has 6 nitrogen and oxygen atoms in total. The molecule has 0 spiro atoms. The van der Waals surface area contributed by atoms with Gasteiger partial charge in [-0.2, -0.15) is 18.2 Å². The predicted octanol–water partition coefficient (Wildman–Crippen LogP) is 1.33. The molecule has 0 saturated heterocycles. The lowest BCUT2D eigenvalue weighted by Gasteiger charge is -2.04. The van der Waals surface area contributed by atoms with Crippen LogP contribution < -0.4 is 0 Å². The Morgan fingerprint density at radius 1 is 1.47 bits per heavy atom. The molecule has 1 heterocycles. The van der Waals surface area contributed by atoms with Crippen LogP contribution in [0, 0.1) is 0 Å². The van der Waals surface area contributed by atoms with Crippen molar-refractivity contribution in [3.05, 3.63) is 11.7 Å². The summed E-state index contributed by atoms with van der Waals surface area (Å²) in [5.41, 5.74) is 0. The van der Waals surface area contributed by atoms with Crippen LogP contribution in [0.4, 0.5) is 13.2 Å². The zero-order chi connectivity index (χ0) is 12.9. The summed E-state index contributed by atoms with van der Waals surface area (Å²) >= 11 is 0. The van der Waals surface area contributed by atoms with E-state index in [1.807, 2.05) is 0 Å². The topological polar surface area (TPSA) is 74.5 Å². The summed E-state index contributed by atoms with van der Waals surface area (Å²) < 4.78 is 48.5. The Labute approximate surface area is 93.7 Å². The van der Waals surface area contributed by atoms with E-state index in [2.05, 4.69) is 24.1 Å². The molecule has 0 aromatic carbocycles. The Morgan fingerprint density at radius 2 is 2.18 bits per heavy atom. The van der Waals surface area contributed by atoms with Gasteiger partial charge in [0, 0.05) is 0 Å². The second-order valence-electron chi connectivity index (χ2n) is 2.84. The van der Waals surface area contributed by atoms with Crippen LogP contribution in [0.3, 0.4) is 0 Å². The molecule has 0 aliphatic rings. The van der Waals surface area contributed by atoms with E-state index in [0.717, 1.165) is 0 Å². The van der Waals surface area contributed by atoms with E-state index in [9.17, 15) is 18.0 Å². The lowest BCUT2D eigenvalue weighted by molar-refractivity contribution is -0.177. The average molecular weight is 254 g/mol. The van der Waals surface area contributed by atoms with Gasteiger partial charge < -0.3 is 14.0 Å². The second kappa shape index (κ2) is 5.62. The van der Waals surface area contributed by atoms with E-state index in [1.54, 1.807) is 6.92 Å². The van der Waals surface area contributed by atoms with Crippen LogP contribution >= 0.6 is 0 Å². The molecule has 0 aliphatic heterocycles. The van der Waals surface area contributed by atoms with Gasteiger partial charge in [-0.15, -0.1) is 0 Å². The van der Waals surface area contributed by atoms with E-state index in [4.69, 9.17) is 0 Å². The highest BCUT2D eigenvalue weighted by atomic mass is 19.4. The SMILES string of the molecule is CCOC(=O)c1nc(COCC(F)(F)F)no1. The van der Waals surface area contributed by atoms with Gasteiger partial charge in [-0.25, -0.2) is 4.79 Å². The highest BCUT2D eigenvalue weighted by Gasteiger charge is 2.27. The fourth-order valence-corrected chi connectivity index (χ4v) is 0.846. The van der Waals surface area contributed by atoms with Crippen molar-refractivity contribution in [1.29, 1.82) is 0 Å². The Morgan fingerprint density at radius 3 is 2.76 bits per heavy atom. The van der Waals surface area contributed by atoms with Crippen molar-refractivity contribution in [2.24, 2.45) is 0 Å². The van der Waals surface area contributed by atoms with Gasteiger partial charge >= 0.3 is 18.0 Å². The Kier molecular flexibility index (Phi) is 4.44. The molecule has 0 unspecified atom stereocenters. The molecule has 0 saturated carbocycles. The number of rotatable bonds is 5. The number of hydrogen-bond acceptors (Lipinski definition) is 6. The summed E-state index contributed by atoms with van der Waals surface area (Å²) in [6, 6.07) is 0. The Bertz CT molecular complexity index is 377. The molecule has 0 aliphatic carbocycles.